The van der Waals surface area contributed by atoms with Crippen molar-refractivity contribution in [1.29, 1.82) is 0 Å². The summed E-state index contributed by atoms with van der Waals surface area (Å²) < 4.78 is 16.8. The summed E-state index contributed by atoms with van der Waals surface area (Å²) in [5.41, 5.74) is 0. The highest BCUT2D eigenvalue weighted by Crippen LogP contribution is 2.18. The number of esters is 3. The standard InChI is InChI=1S/C57H110O6/c1-5-8-10-12-14-16-18-25-29-33-36-40-44-48-55(58)61-51-54(63-57(60)50-46-42-38-32-17-15-13-11-9-6-2)52-62-56(59)49-45-41-37-34-30-27-24-22-20-19-21-23-26-28-31-35-39-43-47-53(4)7-3/h53-54H,5-52H2,1-4H3/t53?,54-/m1/s1. The Hall–Kier alpha value is -1.59. The fraction of sp³-hybridized carbons (Fsp3) is 0.947. The average molecular weight is 892 g/mol. The molecular weight excluding hydrogens is 781 g/mol. The second-order valence-corrected chi connectivity index (χ2v) is 19.8. The van der Waals surface area contributed by atoms with Crippen molar-refractivity contribution in [2.75, 3.05) is 13.2 Å². The molecule has 0 aromatic carbocycles. The van der Waals surface area contributed by atoms with Crippen LogP contribution in [0.4, 0.5) is 0 Å². The van der Waals surface area contributed by atoms with Crippen LogP contribution >= 0.6 is 0 Å². The highest BCUT2D eigenvalue weighted by molar-refractivity contribution is 5.71. The first-order valence-corrected chi connectivity index (χ1v) is 28.4. The number of hydrogen-bond acceptors (Lipinski definition) is 6. The van der Waals surface area contributed by atoms with Crippen LogP contribution in [0, 0.1) is 5.92 Å². The van der Waals surface area contributed by atoms with Crippen molar-refractivity contribution in [3.8, 4) is 0 Å². The Bertz CT molecular complexity index is 951. The third kappa shape index (κ3) is 49.7. The van der Waals surface area contributed by atoms with Crippen molar-refractivity contribution in [1.82, 2.24) is 0 Å². The van der Waals surface area contributed by atoms with Crippen LogP contribution in [0.5, 0.6) is 0 Å². The van der Waals surface area contributed by atoms with Crippen molar-refractivity contribution in [2.45, 2.75) is 329 Å². The molecule has 0 heterocycles. The number of rotatable bonds is 52. The third-order valence-corrected chi connectivity index (χ3v) is 13.4. The molecule has 63 heavy (non-hydrogen) atoms. The minimum Gasteiger partial charge on any atom is -0.462 e. The molecule has 0 fully saturated rings. The number of ether oxygens (including phenoxy) is 3. The average Bonchev–Trinajstić information content (AvgIpc) is 3.28. The van der Waals surface area contributed by atoms with E-state index in [1.807, 2.05) is 0 Å². The highest BCUT2D eigenvalue weighted by Gasteiger charge is 2.19. The Morgan fingerprint density at radius 2 is 0.556 bits per heavy atom. The van der Waals surface area contributed by atoms with Gasteiger partial charge in [-0.3, -0.25) is 14.4 Å². The maximum atomic E-state index is 12.8. The molecule has 0 amide bonds. The van der Waals surface area contributed by atoms with Crippen LogP contribution in [-0.2, 0) is 28.6 Å². The van der Waals surface area contributed by atoms with Crippen LogP contribution in [0.1, 0.15) is 323 Å². The van der Waals surface area contributed by atoms with Gasteiger partial charge in [0.2, 0.25) is 0 Å². The lowest BCUT2D eigenvalue weighted by atomic mass is 9.99. The van der Waals surface area contributed by atoms with E-state index in [0.717, 1.165) is 63.7 Å². The normalized spacial score (nSPS) is 12.4. The van der Waals surface area contributed by atoms with Crippen molar-refractivity contribution in [3.63, 3.8) is 0 Å². The number of unbranched alkanes of at least 4 members (excludes halogenated alkanes) is 38. The first kappa shape index (κ1) is 61.4. The molecule has 0 N–H and O–H groups in total. The van der Waals surface area contributed by atoms with Crippen LogP contribution < -0.4 is 0 Å². The molecule has 0 aromatic heterocycles. The Labute approximate surface area is 393 Å². The van der Waals surface area contributed by atoms with Gasteiger partial charge in [0.25, 0.3) is 0 Å². The summed E-state index contributed by atoms with van der Waals surface area (Å²) in [6.07, 6.45) is 55.2. The zero-order valence-electron chi connectivity index (χ0n) is 43.0. The summed E-state index contributed by atoms with van der Waals surface area (Å²) in [6, 6.07) is 0. The van der Waals surface area contributed by atoms with Gasteiger partial charge < -0.3 is 14.2 Å². The SMILES string of the molecule is CCCCCCCCCCCCCCCC(=O)OC[C@H](COC(=O)CCCCCCCCCCCCCCCCCCCCC(C)CC)OC(=O)CCCCCCCCCCCC. The molecule has 6 heteroatoms. The van der Waals surface area contributed by atoms with Gasteiger partial charge in [-0.25, -0.2) is 0 Å². The van der Waals surface area contributed by atoms with Gasteiger partial charge in [-0.1, -0.05) is 285 Å². The van der Waals surface area contributed by atoms with Crippen molar-refractivity contribution >= 4 is 17.9 Å². The van der Waals surface area contributed by atoms with E-state index < -0.39 is 6.10 Å². The van der Waals surface area contributed by atoms with Crippen LogP contribution in [0.15, 0.2) is 0 Å². The van der Waals surface area contributed by atoms with Crippen molar-refractivity contribution in [2.24, 2.45) is 5.92 Å². The number of hydrogen-bond donors (Lipinski definition) is 0. The van der Waals surface area contributed by atoms with Gasteiger partial charge in [0.05, 0.1) is 0 Å². The summed E-state index contributed by atoms with van der Waals surface area (Å²) in [5, 5.41) is 0. The van der Waals surface area contributed by atoms with Crippen LogP contribution in [0.2, 0.25) is 0 Å². The van der Waals surface area contributed by atoms with Gasteiger partial charge in [-0.2, -0.15) is 0 Å². The summed E-state index contributed by atoms with van der Waals surface area (Å²) in [7, 11) is 0. The largest absolute Gasteiger partial charge is 0.462 e. The zero-order valence-corrected chi connectivity index (χ0v) is 43.0. The summed E-state index contributed by atoms with van der Waals surface area (Å²) >= 11 is 0. The molecule has 0 spiro atoms. The van der Waals surface area contributed by atoms with E-state index in [1.165, 1.54) is 218 Å². The molecule has 0 saturated heterocycles. The first-order valence-electron chi connectivity index (χ1n) is 28.4. The van der Waals surface area contributed by atoms with E-state index in [1.54, 1.807) is 0 Å². The summed E-state index contributed by atoms with van der Waals surface area (Å²) in [4.78, 5) is 38.0. The Balaban J connectivity index is 4.16. The lowest BCUT2D eigenvalue weighted by Gasteiger charge is -2.18. The minimum absolute atomic E-state index is 0.0621. The molecule has 1 unspecified atom stereocenters. The fourth-order valence-corrected chi connectivity index (χ4v) is 8.72. The van der Waals surface area contributed by atoms with Gasteiger partial charge in [0, 0.05) is 19.3 Å². The van der Waals surface area contributed by atoms with Gasteiger partial charge in [-0.15, -0.1) is 0 Å². The molecule has 0 aromatic rings. The third-order valence-electron chi connectivity index (χ3n) is 13.4. The molecule has 374 valence electrons. The molecule has 6 nitrogen and oxygen atoms in total. The highest BCUT2D eigenvalue weighted by atomic mass is 16.6. The lowest BCUT2D eigenvalue weighted by molar-refractivity contribution is -0.167. The monoisotopic (exact) mass is 891 g/mol. The molecule has 0 aliphatic heterocycles. The quantitative estimate of drug-likeness (QED) is 0.0344. The van der Waals surface area contributed by atoms with E-state index in [4.69, 9.17) is 14.2 Å². The van der Waals surface area contributed by atoms with Crippen molar-refractivity contribution < 1.29 is 28.6 Å². The molecule has 0 saturated carbocycles. The summed E-state index contributed by atoms with van der Waals surface area (Å²) in [5.74, 6) is 0.0702. The van der Waals surface area contributed by atoms with Gasteiger partial charge in [0.1, 0.15) is 13.2 Å². The zero-order chi connectivity index (χ0) is 45.9. The maximum absolute atomic E-state index is 12.8. The topological polar surface area (TPSA) is 78.9 Å². The molecule has 2 atom stereocenters. The Morgan fingerprint density at radius 3 is 0.825 bits per heavy atom. The minimum atomic E-state index is -0.760. The van der Waals surface area contributed by atoms with E-state index in [9.17, 15) is 14.4 Å². The van der Waals surface area contributed by atoms with Gasteiger partial charge in [-0.05, 0) is 25.2 Å². The van der Waals surface area contributed by atoms with Crippen LogP contribution in [-0.4, -0.2) is 37.2 Å². The van der Waals surface area contributed by atoms with E-state index in [-0.39, 0.29) is 31.1 Å². The van der Waals surface area contributed by atoms with Gasteiger partial charge >= 0.3 is 17.9 Å². The number of carbonyl (C=O) groups excluding carboxylic acids is 3. The molecular formula is C57H110O6. The molecule has 0 rings (SSSR count). The first-order chi connectivity index (χ1) is 30.9. The molecule has 0 aliphatic carbocycles. The number of carbonyl (C=O) groups is 3. The second kappa shape index (κ2) is 51.4. The predicted octanol–water partition coefficient (Wildman–Crippen LogP) is 18.6. The lowest BCUT2D eigenvalue weighted by Crippen LogP contribution is -2.30. The van der Waals surface area contributed by atoms with E-state index >= 15 is 0 Å². The van der Waals surface area contributed by atoms with Crippen molar-refractivity contribution in [3.05, 3.63) is 0 Å². The predicted molar refractivity (Wildman–Crippen MR) is 270 cm³/mol. The Kier molecular flexibility index (Phi) is 50.1. The summed E-state index contributed by atoms with van der Waals surface area (Å²) in [6.45, 7) is 9.08. The maximum Gasteiger partial charge on any atom is 0.306 e. The molecule has 0 bridgehead atoms. The fourth-order valence-electron chi connectivity index (χ4n) is 8.72. The molecule has 0 aliphatic rings. The van der Waals surface area contributed by atoms with E-state index in [2.05, 4.69) is 27.7 Å². The van der Waals surface area contributed by atoms with Gasteiger partial charge in [0.15, 0.2) is 6.10 Å². The van der Waals surface area contributed by atoms with E-state index in [0.29, 0.717) is 19.3 Å². The smallest absolute Gasteiger partial charge is 0.306 e. The van der Waals surface area contributed by atoms with Crippen LogP contribution in [0.3, 0.4) is 0 Å². The Morgan fingerprint density at radius 1 is 0.317 bits per heavy atom. The van der Waals surface area contributed by atoms with Crippen LogP contribution in [0.25, 0.3) is 0 Å². The molecule has 0 radical (unpaired) electrons. The second-order valence-electron chi connectivity index (χ2n) is 19.8.